The molecule has 21 heavy (non-hydrogen) atoms. The Labute approximate surface area is 120 Å². The maximum Gasteiger partial charge on any atom is 0.308 e. The van der Waals surface area contributed by atoms with Crippen LogP contribution in [0, 0.1) is 11.8 Å². The molecule has 2 rings (SSSR count). The summed E-state index contributed by atoms with van der Waals surface area (Å²) in [5.41, 5.74) is 0.0942. The summed E-state index contributed by atoms with van der Waals surface area (Å²) in [6.45, 7) is 4.04. The molecule has 1 unspecified atom stereocenters. The molecule has 2 aromatic heterocycles. The van der Waals surface area contributed by atoms with Crippen molar-refractivity contribution in [3.8, 4) is 11.4 Å². The molecule has 0 aromatic carbocycles. The van der Waals surface area contributed by atoms with Gasteiger partial charge in [-0.15, -0.1) is 5.10 Å². The number of tetrazole rings is 1. The number of carboxylic acid groups (broad SMARTS) is 1. The Bertz CT molecular complexity index is 676. The number of H-pyrrole nitrogens is 1. The molecule has 0 aliphatic rings. The van der Waals surface area contributed by atoms with E-state index in [0.29, 0.717) is 12.0 Å². The van der Waals surface area contributed by atoms with E-state index in [4.69, 9.17) is 0 Å². The standard InChI is InChI=1S/C13H17N5O3/c1-8(2)5-9(13(20)21)7-18-12(15-16-17-18)10-6-14-4-3-11(10)19/h3-4,6,8-9H,5,7H2,1-2H3,(H,14,19)(H,20,21). The van der Waals surface area contributed by atoms with Crippen LogP contribution in [0.2, 0.25) is 0 Å². The SMILES string of the molecule is CC(C)CC(Cn1nnnc1-c1c[nH]ccc1=O)C(=O)O. The highest BCUT2D eigenvalue weighted by Crippen LogP contribution is 2.17. The summed E-state index contributed by atoms with van der Waals surface area (Å²) in [7, 11) is 0. The van der Waals surface area contributed by atoms with Gasteiger partial charge in [0.2, 0.25) is 0 Å². The first-order valence-electron chi connectivity index (χ1n) is 6.65. The molecule has 2 N–H and O–H groups in total. The average Bonchev–Trinajstić information content (AvgIpc) is 2.86. The van der Waals surface area contributed by atoms with Crippen molar-refractivity contribution in [1.29, 1.82) is 0 Å². The van der Waals surface area contributed by atoms with Crippen LogP contribution in [0.25, 0.3) is 11.4 Å². The van der Waals surface area contributed by atoms with Gasteiger partial charge in [0.05, 0.1) is 18.0 Å². The predicted molar refractivity (Wildman–Crippen MR) is 74.5 cm³/mol. The van der Waals surface area contributed by atoms with Crippen molar-refractivity contribution >= 4 is 5.97 Å². The van der Waals surface area contributed by atoms with Gasteiger partial charge >= 0.3 is 5.97 Å². The van der Waals surface area contributed by atoms with Gasteiger partial charge in [0, 0.05) is 18.5 Å². The van der Waals surface area contributed by atoms with Crippen molar-refractivity contribution in [2.75, 3.05) is 0 Å². The Hall–Kier alpha value is -2.51. The topological polar surface area (TPSA) is 114 Å². The fraction of sp³-hybridized carbons (Fsp3) is 0.462. The normalized spacial score (nSPS) is 12.5. The van der Waals surface area contributed by atoms with Crippen molar-refractivity contribution in [3.63, 3.8) is 0 Å². The fourth-order valence-electron chi connectivity index (χ4n) is 2.14. The molecule has 1 atom stereocenters. The fourth-order valence-corrected chi connectivity index (χ4v) is 2.14. The Morgan fingerprint density at radius 1 is 1.48 bits per heavy atom. The van der Waals surface area contributed by atoms with E-state index in [-0.39, 0.29) is 23.7 Å². The van der Waals surface area contributed by atoms with Crippen molar-refractivity contribution in [1.82, 2.24) is 25.2 Å². The Kier molecular flexibility index (Phi) is 4.46. The first-order chi connectivity index (χ1) is 9.99. The molecule has 2 aromatic rings. The second-order valence-electron chi connectivity index (χ2n) is 5.27. The number of aromatic amines is 1. The van der Waals surface area contributed by atoms with Gasteiger partial charge in [-0.25, -0.2) is 4.68 Å². The summed E-state index contributed by atoms with van der Waals surface area (Å²) in [5.74, 6) is -0.986. The molecule has 2 heterocycles. The number of nitrogens with zero attached hydrogens (tertiary/aromatic N) is 4. The second-order valence-corrected chi connectivity index (χ2v) is 5.27. The molecule has 0 bridgehead atoms. The third-order valence-electron chi connectivity index (χ3n) is 3.10. The number of aliphatic carboxylic acids is 1. The van der Waals surface area contributed by atoms with E-state index in [1.165, 1.54) is 23.1 Å². The highest BCUT2D eigenvalue weighted by Gasteiger charge is 2.22. The summed E-state index contributed by atoms with van der Waals surface area (Å²) in [6, 6.07) is 1.37. The molecular formula is C13H17N5O3. The minimum Gasteiger partial charge on any atom is -0.481 e. The van der Waals surface area contributed by atoms with E-state index < -0.39 is 11.9 Å². The highest BCUT2D eigenvalue weighted by atomic mass is 16.4. The Morgan fingerprint density at radius 3 is 2.86 bits per heavy atom. The number of hydrogen-bond acceptors (Lipinski definition) is 5. The lowest BCUT2D eigenvalue weighted by Crippen LogP contribution is -2.23. The zero-order valence-electron chi connectivity index (χ0n) is 11.9. The monoisotopic (exact) mass is 291 g/mol. The first-order valence-corrected chi connectivity index (χ1v) is 6.65. The van der Waals surface area contributed by atoms with E-state index in [1.54, 1.807) is 0 Å². The van der Waals surface area contributed by atoms with Gasteiger partial charge in [-0.3, -0.25) is 9.59 Å². The van der Waals surface area contributed by atoms with Crippen LogP contribution in [0.3, 0.4) is 0 Å². The van der Waals surface area contributed by atoms with Gasteiger partial charge in [0.1, 0.15) is 0 Å². The van der Waals surface area contributed by atoms with Crippen LogP contribution in [0.15, 0.2) is 23.3 Å². The van der Waals surface area contributed by atoms with Gasteiger partial charge < -0.3 is 10.1 Å². The third kappa shape index (κ3) is 3.53. The predicted octanol–water partition coefficient (Wildman–Crippen LogP) is 0.775. The van der Waals surface area contributed by atoms with Crippen LogP contribution in [0.4, 0.5) is 0 Å². The summed E-state index contributed by atoms with van der Waals surface area (Å²) in [4.78, 5) is 25.9. The molecule has 0 spiro atoms. The maximum absolute atomic E-state index is 11.8. The van der Waals surface area contributed by atoms with E-state index >= 15 is 0 Å². The van der Waals surface area contributed by atoms with E-state index in [9.17, 15) is 14.7 Å². The molecule has 8 nitrogen and oxygen atoms in total. The zero-order valence-corrected chi connectivity index (χ0v) is 11.9. The van der Waals surface area contributed by atoms with Crippen molar-refractivity contribution in [2.45, 2.75) is 26.8 Å². The van der Waals surface area contributed by atoms with Gasteiger partial charge in [-0.05, 0) is 22.8 Å². The second kappa shape index (κ2) is 6.29. The smallest absolute Gasteiger partial charge is 0.308 e. The molecule has 0 saturated heterocycles. The van der Waals surface area contributed by atoms with Gasteiger partial charge in [0.25, 0.3) is 0 Å². The summed E-state index contributed by atoms with van der Waals surface area (Å²) < 4.78 is 1.37. The van der Waals surface area contributed by atoms with Crippen molar-refractivity contribution in [2.24, 2.45) is 11.8 Å². The zero-order chi connectivity index (χ0) is 15.4. The number of aromatic nitrogens is 5. The summed E-state index contributed by atoms with van der Waals surface area (Å²) in [6.07, 6.45) is 3.53. The number of carboxylic acids is 1. The van der Waals surface area contributed by atoms with Crippen LogP contribution in [0.5, 0.6) is 0 Å². The molecule has 0 amide bonds. The van der Waals surface area contributed by atoms with Crippen LogP contribution in [0.1, 0.15) is 20.3 Å². The van der Waals surface area contributed by atoms with E-state index in [2.05, 4.69) is 20.5 Å². The molecule has 0 aliphatic carbocycles. The molecule has 0 saturated carbocycles. The Balaban J connectivity index is 2.30. The van der Waals surface area contributed by atoms with Gasteiger partial charge in [0.15, 0.2) is 11.3 Å². The molecule has 8 heteroatoms. The first kappa shape index (κ1) is 14.9. The van der Waals surface area contributed by atoms with Crippen LogP contribution in [-0.2, 0) is 11.3 Å². The van der Waals surface area contributed by atoms with Crippen LogP contribution in [-0.4, -0.2) is 36.3 Å². The average molecular weight is 291 g/mol. The number of hydrogen-bond donors (Lipinski definition) is 2. The molecule has 112 valence electrons. The minimum absolute atomic E-state index is 0.129. The lowest BCUT2D eigenvalue weighted by atomic mass is 9.97. The lowest BCUT2D eigenvalue weighted by Gasteiger charge is -2.14. The molecule has 0 fully saturated rings. The summed E-state index contributed by atoms with van der Waals surface area (Å²) in [5, 5.41) is 20.5. The van der Waals surface area contributed by atoms with Crippen LogP contribution >= 0.6 is 0 Å². The number of pyridine rings is 1. The van der Waals surface area contributed by atoms with Crippen molar-refractivity contribution in [3.05, 3.63) is 28.7 Å². The molecule has 0 radical (unpaired) electrons. The number of carbonyl (C=O) groups is 1. The van der Waals surface area contributed by atoms with Gasteiger partial charge in [-0.2, -0.15) is 0 Å². The number of rotatable bonds is 6. The lowest BCUT2D eigenvalue weighted by molar-refractivity contribution is -0.142. The van der Waals surface area contributed by atoms with Crippen LogP contribution < -0.4 is 5.43 Å². The van der Waals surface area contributed by atoms with Gasteiger partial charge in [-0.1, -0.05) is 13.8 Å². The highest BCUT2D eigenvalue weighted by molar-refractivity contribution is 5.70. The summed E-state index contributed by atoms with van der Waals surface area (Å²) >= 11 is 0. The quantitative estimate of drug-likeness (QED) is 0.812. The van der Waals surface area contributed by atoms with E-state index in [1.807, 2.05) is 13.8 Å². The molecule has 0 aliphatic heterocycles. The Morgan fingerprint density at radius 2 is 2.24 bits per heavy atom. The molecular weight excluding hydrogens is 274 g/mol. The third-order valence-corrected chi connectivity index (χ3v) is 3.10. The van der Waals surface area contributed by atoms with Crippen molar-refractivity contribution < 1.29 is 9.90 Å². The minimum atomic E-state index is -0.896. The maximum atomic E-state index is 11.8. The largest absolute Gasteiger partial charge is 0.481 e. The number of nitrogens with one attached hydrogen (secondary N) is 1. The van der Waals surface area contributed by atoms with E-state index in [0.717, 1.165) is 0 Å².